The second-order valence-electron chi connectivity index (χ2n) is 4.96. The van der Waals surface area contributed by atoms with E-state index in [1.165, 1.54) is 0 Å². The van der Waals surface area contributed by atoms with Crippen molar-refractivity contribution in [1.82, 2.24) is 4.57 Å². The van der Waals surface area contributed by atoms with Gasteiger partial charge in [-0.3, -0.25) is 0 Å². The summed E-state index contributed by atoms with van der Waals surface area (Å²) in [5.41, 5.74) is 4.95. The van der Waals surface area contributed by atoms with Crippen molar-refractivity contribution in [3.63, 3.8) is 0 Å². The highest BCUT2D eigenvalue weighted by Gasteiger charge is 2.11. The minimum absolute atomic E-state index is 0.653. The van der Waals surface area contributed by atoms with Crippen LogP contribution in [0.4, 0.5) is 5.69 Å². The van der Waals surface area contributed by atoms with Gasteiger partial charge in [-0.25, -0.2) is 0 Å². The Labute approximate surface area is 133 Å². The topological polar surface area (TPSA) is 50.0 Å². The first-order valence-corrected chi connectivity index (χ1v) is 7.40. The molecule has 1 heterocycles. The molecule has 0 aliphatic carbocycles. The molecule has 5 heteroatoms. The van der Waals surface area contributed by atoms with Crippen molar-refractivity contribution in [2.75, 3.05) is 12.4 Å². The summed E-state index contributed by atoms with van der Waals surface area (Å²) in [5.74, 6) is 0.802. The minimum atomic E-state index is 0.653. The number of nitriles is 1. The number of halogens is 1. The molecule has 1 aromatic heterocycles. The van der Waals surface area contributed by atoms with Gasteiger partial charge in [-0.15, -0.1) is 0 Å². The third-order valence-electron chi connectivity index (χ3n) is 3.69. The van der Waals surface area contributed by atoms with E-state index in [9.17, 15) is 0 Å². The van der Waals surface area contributed by atoms with Gasteiger partial charge in [0.1, 0.15) is 17.5 Å². The summed E-state index contributed by atoms with van der Waals surface area (Å²) >= 11 is 3.47. The zero-order valence-corrected chi connectivity index (χ0v) is 14.2. The zero-order chi connectivity index (χ0) is 15.6. The maximum atomic E-state index is 9.08. The van der Waals surface area contributed by atoms with E-state index in [1.54, 1.807) is 7.11 Å². The first-order valence-electron chi connectivity index (χ1n) is 6.61. The molecule has 0 saturated carbocycles. The number of methoxy groups -OCH3 is 1. The zero-order valence-electron chi connectivity index (χ0n) is 12.6. The van der Waals surface area contributed by atoms with Crippen molar-refractivity contribution < 1.29 is 4.74 Å². The third kappa shape index (κ3) is 3.06. The number of rotatable bonds is 4. The van der Waals surface area contributed by atoms with E-state index in [-0.39, 0.29) is 0 Å². The molecule has 0 aliphatic rings. The lowest BCUT2D eigenvalue weighted by molar-refractivity contribution is 0.416. The SMILES string of the molecule is COc1cc(Br)cc(C)c1NCc1cc(C#N)n(C)c1C. The first kappa shape index (κ1) is 15.5. The molecule has 0 bridgehead atoms. The molecule has 0 fully saturated rings. The van der Waals surface area contributed by atoms with Crippen molar-refractivity contribution in [1.29, 1.82) is 5.26 Å². The third-order valence-corrected chi connectivity index (χ3v) is 4.15. The first-order chi connectivity index (χ1) is 9.97. The van der Waals surface area contributed by atoms with Gasteiger partial charge in [0.15, 0.2) is 0 Å². The fourth-order valence-corrected chi connectivity index (χ4v) is 2.88. The van der Waals surface area contributed by atoms with Crippen LogP contribution >= 0.6 is 15.9 Å². The molecule has 4 nitrogen and oxygen atoms in total. The largest absolute Gasteiger partial charge is 0.495 e. The predicted octanol–water partition coefficient (Wildman–Crippen LogP) is 3.90. The highest BCUT2D eigenvalue weighted by molar-refractivity contribution is 9.10. The van der Waals surface area contributed by atoms with Crippen molar-refractivity contribution in [3.8, 4) is 11.8 Å². The quantitative estimate of drug-likeness (QED) is 0.912. The van der Waals surface area contributed by atoms with Gasteiger partial charge in [-0.2, -0.15) is 5.26 Å². The average molecular weight is 348 g/mol. The molecule has 1 aromatic carbocycles. The monoisotopic (exact) mass is 347 g/mol. The van der Waals surface area contributed by atoms with Crippen LogP contribution in [-0.4, -0.2) is 11.7 Å². The Balaban J connectivity index is 2.27. The summed E-state index contributed by atoms with van der Waals surface area (Å²) in [6.45, 7) is 4.71. The van der Waals surface area contributed by atoms with Gasteiger partial charge in [0.25, 0.3) is 0 Å². The Bertz CT molecular complexity index is 713. The second-order valence-corrected chi connectivity index (χ2v) is 5.88. The van der Waals surface area contributed by atoms with E-state index in [1.807, 2.05) is 43.7 Å². The number of benzene rings is 1. The molecule has 21 heavy (non-hydrogen) atoms. The van der Waals surface area contributed by atoms with Crippen LogP contribution in [-0.2, 0) is 13.6 Å². The highest BCUT2D eigenvalue weighted by atomic mass is 79.9. The summed E-state index contributed by atoms with van der Waals surface area (Å²) in [6, 6.07) is 8.10. The molecule has 2 aromatic rings. The number of anilines is 1. The van der Waals surface area contributed by atoms with Crippen LogP contribution in [0.3, 0.4) is 0 Å². The standard InChI is InChI=1S/C16H18BrN3O/c1-10-5-13(17)7-15(21-4)16(10)19-9-12-6-14(8-18)20(3)11(12)2/h5-7,19H,9H2,1-4H3. The van der Waals surface area contributed by atoms with Gasteiger partial charge in [0.05, 0.1) is 12.8 Å². The molecule has 110 valence electrons. The minimum Gasteiger partial charge on any atom is -0.495 e. The Morgan fingerprint density at radius 2 is 2.05 bits per heavy atom. The summed E-state index contributed by atoms with van der Waals surface area (Å²) < 4.78 is 8.32. The Morgan fingerprint density at radius 1 is 1.33 bits per heavy atom. The Kier molecular flexibility index (Phi) is 4.59. The molecule has 0 aliphatic heterocycles. The predicted molar refractivity (Wildman–Crippen MR) is 87.6 cm³/mol. The van der Waals surface area contributed by atoms with Crippen LogP contribution in [0.25, 0.3) is 0 Å². The average Bonchev–Trinajstić information content (AvgIpc) is 2.73. The Morgan fingerprint density at radius 3 is 2.62 bits per heavy atom. The number of ether oxygens (including phenoxy) is 1. The van der Waals surface area contributed by atoms with E-state index in [0.717, 1.165) is 32.7 Å². The van der Waals surface area contributed by atoms with Crippen LogP contribution in [0.2, 0.25) is 0 Å². The van der Waals surface area contributed by atoms with Gasteiger partial charge in [-0.05, 0) is 43.2 Å². The second kappa shape index (κ2) is 6.23. The van der Waals surface area contributed by atoms with Crippen LogP contribution in [0.1, 0.15) is 22.5 Å². The van der Waals surface area contributed by atoms with Crippen LogP contribution in [0.5, 0.6) is 5.75 Å². The van der Waals surface area contributed by atoms with Crippen molar-refractivity contribution in [2.24, 2.45) is 7.05 Å². The van der Waals surface area contributed by atoms with E-state index in [4.69, 9.17) is 10.00 Å². The number of aromatic nitrogens is 1. The van der Waals surface area contributed by atoms with Gasteiger partial charge < -0.3 is 14.6 Å². The summed E-state index contributed by atoms with van der Waals surface area (Å²) in [5, 5.41) is 12.5. The molecule has 1 N–H and O–H groups in total. The van der Waals surface area contributed by atoms with E-state index >= 15 is 0 Å². The maximum absolute atomic E-state index is 9.08. The van der Waals surface area contributed by atoms with Crippen molar-refractivity contribution in [2.45, 2.75) is 20.4 Å². The van der Waals surface area contributed by atoms with Gasteiger partial charge in [0, 0.05) is 23.8 Å². The number of nitrogens with zero attached hydrogens (tertiary/aromatic N) is 2. The smallest absolute Gasteiger partial charge is 0.143 e. The number of nitrogens with one attached hydrogen (secondary N) is 1. The molecule has 0 atom stereocenters. The molecule has 0 unspecified atom stereocenters. The molecule has 0 spiro atoms. The molecular formula is C16H18BrN3O. The van der Waals surface area contributed by atoms with Crippen molar-refractivity contribution >= 4 is 21.6 Å². The lowest BCUT2D eigenvalue weighted by Gasteiger charge is -2.14. The van der Waals surface area contributed by atoms with Gasteiger partial charge >= 0.3 is 0 Å². The normalized spacial score (nSPS) is 10.3. The molecule has 0 radical (unpaired) electrons. The summed E-state index contributed by atoms with van der Waals surface area (Å²) in [4.78, 5) is 0. The Hall–Kier alpha value is -1.93. The number of hydrogen-bond donors (Lipinski definition) is 1. The van der Waals surface area contributed by atoms with Crippen LogP contribution in [0, 0.1) is 25.2 Å². The number of hydrogen-bond acceptors (Lipinski definition) is 3. The van der Waals surface area contributed by atoms with E-state index in [2.05, 4.69) is 27.3 Å². The fourth-order valence-electron chi connectivity index (χ4n) is 2.33. The maximum Gasteiger partial charge on any atom is 0.143 e. The van der Waals surface area contributed by atoms with Crippen LogP contribution < -0.4 is 10.1 Å². The van der Waals surface area contributed by atoms with Crippen molar-refractivity contribution in [3.05, 3.63) is 45.2 Å². The highest BCUT2D eigenvalue weighted by Crippen LogP contribution is 2.32. The van der Waals surface area contributed by atoms with Gasteiger partial charge in [-0.1, -0.05) is 15.9 Å². The lowest BCUT2D eigenvalue weighted by atomic mass is 10.1. The van der Waals surface area contributed by atoms with Gasteiger partial charge in [0.2, 0.25) is 0 Å². The van der Waals surface area contributed by atoms with E-state index in [0.29, 0.717) is 12.2 Å². The molecule has 2 rings (SSSR count). The molecular weight excluding hydrogens is 330 g/mol. The van der Waals surface area contributed by atoms with E-state index < -0.39 is 0 Å². The molecule has 0 amide bonds. The summed E-state index contributed by atoms with van der Waals surface area (Å²) in [7, 11) is 3.57. The fraction of sp³-hybridized carbons (Fsp3) is 0.312. The van der Waals surface area contributed by atoms with Crippen LogP contribution in [0.15, 0.2) is 22.7 Å². The lowest BCUT2D eigenvalue weighted by Crippen LogP contribution is -2.04. The number of aryl methyl sites for hydroxylation is 1. The molecule has 0 saturated heterocycles. The summed E-state index contributed by atoms with van der Waals surface area (Å²) in [6.07, 6.45) is 0.